The van der Waals surface area contributed by atoms with Gasteiger partial charge in [0, 0.05) is 29.9 Å². The molecule has 3 rings (SSSR count). The summed E-state index contributed by atoms with van der Waals surface area (Å²) >= 11 is 2.63. The summed E-state index contributed by atoms with van der Waals surface area (Å²) in [5.74, 6) is -0.357. The highest BCUT2D eigenvalue weighted by Gasteiger charge is 2.27. The monoisotopic (exact) mass is 380 g/mol. The Labute approximate surface area is 151 Å². The van der Waals surface area contributed by atoms with Gasteiger partial charge in [0.15, 0.2) is 10.3 Å². The molecule has 8 nitrogen and oxygen atoms in total. The number of nitrogens with one attached hydrogen (secondary N) is 1. The first kappa shape index (κ1) is 17.6. The van der Waals surface area contributed by atoms with Crippen LogP contribution < -0.4 is 10.9 Å². The number of amides is 1. The van der Waals surface area contributed by atoms with Crippen LogP contribution in [0.4, 0.5) is 5.13 Å². The average Bonchev–Trinajstić information content (AvgIpc) is 3.02. The Balaban J connectivity index is 1.62. The summed E-state index contributed by atoms with van der Waals surface area (Å²) in [6.07, 6.45) is 1.55. The van der Waals surface area contributed by atoms with E-state index in [-0.39, 0.29) is 29.8 Å². The standard InChI is InChI=1S/C15H16N4O4S2/c1-2-23-12(21)5-10-8-24-14(17-10)18-13(22)9-6-19-11(20)3-4-16-15(19)25-7-9/h3-4,8-9H,2,5-7H2,1H3,(H,17,18,22). The maximum Gasteiger partial charge on any atom is 0.311 e. The lowest BCUT2D eigenvalue weighted by Gasteiger charge is -2.23. The van der Waals surface area contributed by atoms with Crippen molar-refractivity contribution in [1.29, 1.82) is 0 Å². The molecule has 132 valence electrons. The Hall–Kier alpha value is -2.20. The first-order valence-corrected chi connectivity index (χ1v) is 9.53. The molecule has 1 aliphatic rings. The van der Waals surface area contributed by atoms with Crippen molar-refractivity contribution < 1.29 is 14.3 Å². The number of carbonyl (C=O) groups excluding carboxylic acids is 2. The zero-order valence-corrected chi connectivity index (χ0v) is 15.1. The van der Waals surface area contributed by atoms with E-state index in [0.717, 1.165) is 0 Å². The summed E-state index contributed by atoms with van der Waals surface area (Å²) in [7, 11) is 0. The van der Waals surface area contributed by atoms with Gasteiger partial charge in [-0.2, -0.15) is 0 Å². The molecule has 1 unspecified atom stereocenters. The molecule has 3 heterocycles. The average molecular weight is 380 g/mol. The van der Waals surface area contributed by atoms with Gasteiger partial charge < -0.3 is 10.1 Å². The van der Waals surface area contributed by atoms with E-state index in [0.29, 0.717) is 34.9 Å². The van der Waals surface area contributed by atoms with E-state index in [1.165, 1.54) is 39.9 Å². The van der Waals surface area contributed by atoms with Crippen molar-refractivity contribution in [3.63, 3.8) is 0 Å². The van der Waals surface area contributed by atoms with Crippen LogP contribution >= 0.6 is 23.1 Å². The summed E-state index contributed by atoms with van der Waals surface area (Å²) < 4.78 is 6.38. The molecule has 0 saturated heterocycles. The van der Waals surface area contributed by atoms with Crippen LogP contribution in [-0.2, 0) is 27.3 Å². The zero-order valence-electron chi connectivity index (χ0n) is 13.4. The van der Waals surface area contributed by atoms with Crippen LogP contribution in [0.25, 0.3) is 0 Å². The largest absolute Gasteiger partial charge is 0.466 e. The van der Waals surface area contributed by atoms with Crippen LogP contribution in [0.2, 0.25) is 0 Å². The number of esters is 1. The number of thiazole rings is 1. The third kappa shape index (κ3) is 4.26. The van der Waals surface area contributed by atoms with Crippen molar-refractivity contribution >= 4 is 40.1 Å². The normalized spacial score (nSPS) is 16.1. The molecule has 1 amide bonds. The summed E-state index contributed by atoms with van der Waals surface area (Å²) in [5.41, 5.74) is 0.392. The lowest BCUT2D eigenvalue weighted by Crippen LogP contribution is -2.36. The van der Waals surface area contributed by atoms with Crippen LogP contribution in [-0.4, -0.2) is 38.8 Å². The Bertz CT molecular complexity index is 848. The SMILES string of the molecule is CCOC(=O)Cc1csc(NC(=O)C2CSc3nccc(=O)n3C2)n1. The maximum absolute atomic E-state index is 12.4. The van der Waals surface area contributed by atoms with Crippen LogP contribution in [0.15, 0.2) is 27.6 Å². The number of thioether (sulfide) groups is 1. The molecule has 1 aliphatic heterocycles. The van der Waals surface area contributed by atoms with E-state index in [9.17, 15) is 14.4 Å². The van der Waals surface area contributed by atoms with E-state index in [1.807, 2.05) is 0 Å². The number of carbonyl (C=O) groups is 2. The van der Waals surface area contributed by atoms with Crippen molar-refractivity contribution in [2.24, 2.45) is 5.92 Å². The molecule has 0 radical (unpaired) electrons. The van der Waals surface area contributed by atoms with Crippen molar-refractivity contribution in [2.75, 3.05) is 17.7 Å². The third-order valence-corrected chi connectivity index (χ3v) is 5.46. The van der Waals surface area contributed by atoms with E-state index in [1.54, 1.807) is 12.3 Å². The van der Waals surface area contributed by atoms with Gasteiger partial charge in [-0.1, -0.05) is 11.8 Å². The zero-order chi connectivity index (χ0) is 17.8. The molecule has 25 heavy (non-hydrogen) atoms. The Morgan fingerprint density at radius 1 is 1.48 bits per heavy atom. The number of fused-ring (bicyclic) bond motifs is 1. The molecular formula is C15H16N4O4S2. The molecule has 1 atom stereocenters. The number of rotatable bonds is 5. The molecule has 0 fully saturated rings. The molecule has 10 heteroatoms. The molecule has 0 spiro atoms. The van der Waals surface area contributed by atoms with Crippen molar-refractivity contribution in [3.05, 3.63) is 33.7 Å². The van der Waals surface area contributed by atoms with Gasteiger partial charge in [-0.05, 0) is 6.92 Å². The lowest BCUT2D eigenvalue weighted by molar-refractivity contribution is -0.142. The molecule has 1 N–H and O–H groups in total. The molecular weight excluding hydrogens is 364 g/mol. The van der Waals surface area contributed by atoms with Gasteiger partial charge in [0.05, 0.1) is 24.6 Å². The first-order chi connectivity index (χ1) is 12.1. The topological polar surface area (TPSA) is 103 Å². The summed E-state index contributed by atoms with van der Waals surface area (Å²) in [4.78, 5) is 44.1. The van der Waals surface area contributed by atoms with Gasteiger partial charge in [0.2, 0.25) is 5.91 Å². The predicted octanol–water partition coefficient (Wildman–Crippen LogP) is 1.17. The number of nitrogens with zero attached hydrogens (tertiary/aromatic N) is 3. The van der Waals surface area contributed by atoms with Crippen molar-refractivity contribution in [3.8, 4) is 0 Å². The number of hydrogen-bond donors (Lipinski definition) is 1. The molecule has 0 aliphatic carbocycles. The van der Waals surface area contributed by atoms with Crippen molar-refractivity contribution in [1.82, 2.24) is 14.5 Å². The van der Waals surface area contributed by atoms with E-state index in [4.69, 9.17) is 4.74 Å². The van der Waals surface area contributed by atoms with Crippen LogP contribution in [0, 0.1) is 5.92 Å². The number of hydrogen-bond acceptors (Lipinski definition) is 8. The van der Waals surface area contributed by atoms with Gasteiger partial charge >= 0.3 is 5.97 Å². The molecule has 0 saturated carbocycles. The van der Waals surface area contributed by atoms with Crippen LogP contribution in [0.1, 0.15) is 12.6 Å². The Morgan fingerprint density at radius 2 is 2.32 bits per heavy atom. The molecule has 2 aromatic heterocycles. The highest BCUT2D eigenvalue weighted by Crippen LogP contribution is 2.26. The first-order valence-electron chi connectivity index (χ1n) is 7.66. The lowest BCUT2D eigenvalue weighted by atomic mass is 10.1. The quantitative estimate of drug-likeness (QED) is 0.613. The fourth-order valence-electron chi connectivity index (χ4n) is 2.32. The van der Waals surface area contributed by atoms with Gasteiger partial charge in [-0.3, -0.25) is 19.0 Å². The number of anilines is 1. The molecule has 2 aromatic rings. The highest BCUT2D eigenvalue weighted by atomic mass is 32.2. The molecule has 0 bridgehead atoms. The second-order valence-electron chi connectivity index (χ2n) is 5.30. The maximum atomic E-state index is 12.4. The minimum absolute atomic E-state index is 0.0773. The van der Waals surface area contributed by atoms with E-state index in [2.05, 4.69) is 15.3 Å². The van der Waals surface area contributed by atoms with E-state index < -0.39 is 0 Å². The third-order valence-electron chi connectivity index (χ3n) is 3.50. The number of ether oxygens (including phenoxy) is 1. The summed E-state index contributed by atoms with van der Waals surface area (Å²) in [6, 6.07) is 1.38. The van der Waals surface area contributed by atoms with Gasteiger partial charge in [-0.15, -0.1) is 11.3 Å². The fraction of sp³-hybridized carbons (Fsp3) is 0.400. The minimum atomic E-state index is -0.350. The highest BCUT2D eigenvalue weighted by molar-refractivity contribution is 7.99. The summed E-state index contributed by atoms with van der Waals surface area (Å²) in [6.45, 7) is 2.36. The Morgan fingerprint density at radius 3 is 3.12 bits per heavy atom. The Kier molecular flexibility index (Phi) is 5.49. The predicted molar refractivity (Wildman–Crippen MR) is 93.8 cm³/mol. The second kappa shape index (κ2) is 7.79. The van der Waals surface area contributed by atoms with Crippen molar-refractivity contribution in [2.45, 2.75) is 25.0 Å². The van der Waals surface area contributed by atoms with E-state index >= 15 is 0 Å². The fourth-order valence-corrected chi connectivity index (χ4v) is 4.10. The van der Waals surface area contributed by atoms with Crippen LogP contribution in [0.3, 0.4) is 0 Å². The van der Waals surface area contributed by atoms with Crippen LogP contribution in [0.5, 0.6) is 0 Å². The minimum Gasteiger partial charge on any atom is -0.466 e. The van der Waals surface area contributed by atoms with Gasteiger partial charge in [0.25, 0.3) is 5.56 Å². The number of aromatic nitrogens is 3. The summed E-state index contributed by atoms with van der Waals surface area (Å²) in [5, 5.41) is 5.53. The van der Waals surface area contributed by atoms with Gasteiger partial charge in [0.1, 0.15) is 0 Å². The molecule has 0 aromatic carbocycles. The van der Waals surface area contributed by atoms with Gasteiger partial charge in [-0.25, -0.2) is 9.97 Å². The smallest absolute Gasteiger partial charge is 0.311 e. The second-order valence-corrected chi connectivity index (χ2v) is 7.14.